The Bertz CT molecular complexity index is 1790. The van der Waals surface area contributed by atoms with Crippen LogP contribution in [0.3, 0.4) is 0 Å². The largest absolute Gasteiger partial charge is 0.491 e. The molecule has 0 fully saturated rings. The summed E-state index contributed by atoms with van der Waals surface area (Å²) in [6.45, 7) is 1.24. The van der Waals surface area contributed by atoms with Gasteiger partial charge in [-0.1, -0.05) is 23.7 Å². The summed E-state index contributed by atoms with van der Waals surface area (Å²) >= 11 is 6.15. The summed E-state index contributed by atoms with van der Waals surface area (Å²) in [5, 5.41) is 28.5. The monoisotopic (exact) mass is 552 g/mol. The van der Waals surface area contributed by atoms with Crippen molar-refractivity contribution in [1.29, 1.82) is 10.5 Å². The highest BCUT2D eigenvalue weighted by Gasteiger charge is 2.32. The van der Waals surface area contributed by atoms with Gasteiger partial charge in [-0.3, -0.25) is 9.36 Å². The van der Waals surface area contributed by atoms with Crippen LogP contribution in [0, 0.1) is 29.6 Å². The van der Waals surface area contributed by atoms with Gasteiger partial charge in [0.25, 0.3) is 5.56 Å². The first-order chi connectivity index (χ1) is 18.5. The van der Waals surface area contributed by atoms with Crippen molar-refractivity contribution < 1.29 is 27.8 Å². The first-order valence-electron chi connectivity index (χ1n) is 11.2. The molecule has 3 aromatic carbocycles. The number of nitriles is 2. The van der Waals surface area contributed by atoms with Gasteiger partial charge in [-0.05, 0) is 43.3 Å². The molecular formula is C27H16ClF3N4O4. The highest BCUT2D eigenvalue weighted by atomic mass is 35.5. The number of hydrogen-bond donors (Lipinski definition) is 1. The Kier molecular flexibility index (Phi) is 7.30. The maximum atomic E-state index is 13.2. The van der Waals surface area contributed by atoms with E-state index in [4.69, 9.17) is 16.3 Å². The Labute approximate surface area is 223 Å². The average molecular weight is 553 g/mol. The van der Waals surface area contributed by atoms with Gasteiger partial charge in [0.15, 0.2) is 0 Å². The zero-order chi connectivity index (χ0) is 28.5. The van der Waals surface area contributed by atoms with Gasteiger partial charge in [-0.2, -0.15) is 23.7 Å². The van der Waals surface area contributed by atoms with Crippen molar-refractivity contribution in [3.05, 3.63) is 92.0 Å². The quantitative estimate of drug-likeness (QED) is 0.331. The van der Waals surface area contributed by atoms with Crippen molar-refractivity contribution in [3.8, 4) is 29.0 Å². The van der Waals surface area contributed by atoms with Crippen LogP contribution in [0.25, 0.3) is 22.0 Å². The van der Waals surface area contributed by atoms with E-state index in [0.29, 0.717) is 16.7 Å². The minimum atomic E-state index is -4.72. The summed E-state index contributed by atoms with van der Waals surface area (Å²) in [7, 11) is 0. The number of carboxylic acid groups (broad SMARTS) is 1. The SMILES string of the molecule is Cc1nc2cc(C(F)(F)F)cc(C#N)c2c(=O)n1CCOc1ccc(Cl)cc1-c1cccc(C(=O)O)c1C#N. The van der Waals surface area contributed by atoms with Gasteiger partial charge < -0.3 is 9.84 Å². The van der Waals surface area contributed by atoms with Crippen LogP contribution in [-0.2, 0) is 12.7 Å². The fraction of sp³-hybridized carbons (Fsp3) is 0.148. The first kappa shape index (κ1) is 27.2. The number of hydrogen-bond acceptors (Lipinski definition) is 6. The van der Waals surface area contributed by atoms with Gasteiger partial charge in [-0.15, -0.1) is 0 Å². The van der Waals surface area contributed by atoms with Gasteiger partial charge in [0.1, 0.15) is 30.3 Å². The Hall–Kier alpha value is -4.87. The lowest BCUT2D eigenvalue weighted by molar-refractivity contribution is -0.137. The van der Waals surface area contributed by atoms with Crippen LogP contribution in [0.1, 0.15) is 32.9 Å². The summed E-state index contributed by atoms with van der Waals surface area (Å²) in [5.74, 6) is -0.933. The number of aryl methyl sites for hydroxylation is 1. The molecule has 4 aromatic rings. The number of aromatic carboxylic acids is 1. The third-order valence-corrected chi connectivity index (χ3v) is 6.14. The predicted octanol–water partition coefficient (Wildman–Crippen LogP) is 5.56. The number of ether oxygens (including phenoxy) is 1. The molecule has 12 heteroatoms. The zero-order valence-corrected chi connectivity index (χ0v) is 20.8. The van der Waals surface area contributed by atoms with E-state index < -0.39 is 28.8 Å². The number of fused-ring (bicyclic) bond motifs is 1. The maximum absolute atomic E-state index is 13.2. The Morgan fingerprint density at radius 3 is 2.51 bits per heavy atom. The van der Waals surface area contributed by atoms with Gasteiger partial charge in [0, 0.05) is 16.1 Å². The summed E-state index contributed by atoms with van der Waals surface area (Å²) in [5.41, 5.74) is -2.17. The molecule has 1 N–H and O–H groups in total. The number of alkyl halides is 3. The molecule has 0 unspecified atom stereocenters. The van der Waals surface area contributed by atoms with Crippen molar-refractivity contribution in [2.45, 2.75) is 19.6 Å². The Morgan fingerprint density at radius 2 is 1.87 bits per heavy atom. The number of aromatic nitrogens is 2. The normalized spacial score (nSPS) is 11.2. The molecule has 0 atom stereocenters. The molecule has 8 nitrogen and oxygen atoms in total. The molecule has 0 radical (unpaired) electrons. The Balaban J connectivity index is 1.70. The van der Waals surface area contributed by atoms with Crippen molar-refractivity contribution >= 4 is 28.5 Å². The fourth-order valence-corrected chi connectivity index (χ4v) is 4.30. The molecule has 0 bridgehead atoms. The second-order valence-electron chi connectivity index (χ2n) is 8.28. The molecule has 196 valence electrons. The summed E-state index contributed by atoms with van der Waals surface area (Å²) in [4.78, 5) is 28.9. The zero-order valence-electron chi connectivity index (χ0n) is 20.0. The topological polar surface area (TPSA) is 129 Å². The molecule has 0 spiro atoms. The third-order valence-electron chi connectivity index (χ3n) is 5.91. The lowest BCUT2D eigenvalue weighted by atomic mass is 9.95. The molecule has 1 heterocycles. The molecule has 0 aliphatic carbocycles. The summed E-state index contributed by atoms with van der Waals surface area (Å²) < 4.78 is 46.8. The number of nitrogens with zero attached hydrogens (tertiary/aromatic N) is 4. The standard InChI is InChI=1S/C27H16ClF3N4O4/c1-14-34-22-10-16(27(29,30)31)9-15(12-32)24(22)25(36)35(14)7-8-39-23-6-5-17(28)11-20(23)18-3-2-4-19(26(37)38)21(18)13-33/h2-6,9-11H,7-8H2,1H3,(H,37,38). The average Bonchev–Trinajstić information content (AvgIpc) is 2.89. The van der Waals surface area contributed by atoms with Crippen molar-refractivity contribution in [1.82, 2.24) is 9.55 Å². The highest BCUT2D eigenvalue weighted by molar-refractivity contribution is 6.31. The van der Waals surface area contributed by atoms with E-state index in [1.807, 2.05) is 6.07 Å². The molecule has 0 saturated heterocycles. The van der Waals surface area contributed by atoms with Crippen LogP contribution < -0.4 is 10.3 Å². The van der Waals surface area contributed by atoms with Crippen LogP contribution >= 0.6 is 11.6 Å². The molecule has 0 saturated carbocycles. The maximum Gasteiger partial charge on any atom is 0.416 e. The van der Waals surface area contributed by atoms with Crippen molar-refractivity contribution in [2.75, 3.05) is 6.61 Å². The minimum Gasteiger partial charge on any atom is -0.491 e. The molecule has 0 aliphatic rings. The van der Waals surface area contributed by atoms with Crippen molar-refractivity contribution in [3.63, 3.8) is 0 Å². The van der Waals surface area contributed by atoms with Crippen LogP contribution in [0.15, 0.2) is 53.3 Å². The van der Waals surface area contributed by atoms with E-state index in [1.165, 1.54) is 41.8 Å². The molecular weight excluding hydrogens is 537 g/mol. The van der Waals surface area contributed by atoms with Crippen LogP contribution in [-0.4, -0.2) is 27.2 Å². The predicted molar refractivity (Wildman–Crippen MR) is 135 cm³/mol. The van der Waals surface area contributed by atoms with E-state index >= 15 is 0 Å². The van der Waals surface area contributed by atoms with E-state index in [1.54, 1.807) is 12.1 Å². The number of carbonyl (C=O) groups is 1. The second-order valence-corrected chi connectivity index (χ2v) is 8.71. The molecule has 4 rings (SSSR count). The van der Waals surface area contributed by atoms with E-state index in [0.717, 1.165) is 6.07 Å². The van der Waals surface area contributed by atoms with Gasteiger partial charge in [0.05, 0.1) is 39.7 Å². The smallest absolute Gasteiger partial charge is 0.416 e. The van der Waals surface area contributed by atoms with E-state index in [9.17, 15) is 38.4 Å². The molecule has 0 aliphatic heterocycles. The van der Waals surface area contributed by atoms with Crippen LogP contribution in [0.2, 0.25) is 5.02 Å². The van der Waals surface area contributed by atoms with Gasteiger partial charge >= 0.3 is 12.1 Å². The summed E-state index contributed by atoms with van der Waals surface area (Å²) in [6.07, 6.45) is -4.72. The van der Waals surface area contributed by atoms with E-state index in [-0.39, 0.29) is 52.3 Å². The number of carboxylic acids is 1. The number of benzene rings is 3. The highest BCUT2D eigenvalue weighted by Crippen LogP contribution is 2.36. The lowest BCUT2D eigenvalue weighted by Crippen LogP contribution is -2.27. The second kappa shape index (κ2) is 10.5. The van der Waals surface area contributed by atoms with Gasteiger partial charge in [0.2, 0.25) is 0 Å². The lowest BCUT2D eigenvalue weighted by Gasteiger charge is -2.16. The minimum absolute atomic E-state index is 0.0815. The molecule has 39 heavy (non-hydrogen) atoms. The first-order valence-corrected chi connectivity index (χ1v) is 11.6. The van der Waals surface area contributed by atoms with Crippen molar-refractivity contribution in [2.24, 2.45) is 0 Å². The fourth-order valence-electron chi connectivity index (χ4n) is 4.13. The molecule has 0 amide bonds. The Morgan fingerprint density at radius 1 is 1.13 bits per heavy atom. The third kappa shape index (κ3) is 5.26. The van der Waals surface area contributed by atoms with Crippen LogP contribution in [0.4, 0.5) is 13.2 Å². The van der Waals surface area contributed by atoms with Crippen LogP contribution in [0.5, 0.6) is 5.75 Å². The van der Waals surface area contributed by atoms with Gasteiger partial charge in [-0.25, -0.2) is 9.78 Å². The molecule has 1 aromatic heterocycles. The number of halogens is 4. The summed E-state index contributed by atoms with van der Waals surface area (Å²) in [6, 6.07) is 13.7. The van der Waals surface area contributed by atoms with E-state index in [2.05, 4.69) is 4.98 Å². The number of rotatable bonds is 6.